The summed E-state index contributed by atoms with van der Waals surface area (Å²) in [6.45, 7) is 1.88. The summed E-state index contributed by atoms with van der Waals surface area (Å²) in [7, 11) is 1.88. The maximum atomic E-state index is 13.4. The van der Waals surface area contributed by atoms with Crippen LogP contribution in [0.3, 0.4) is 0 Å². The molecule has 0 radical (unpaired) electrons. The Morgan fingerprint density at radius 1 is 1.03 bits per heavy atom. The number of rotatable bonds is 4. The topological polar surface area (TPSA) is 90.0 Å². The van der Waals surface area contributed by atoms with E-state index in [0.29, 0.717) is 17.0 Å². The van der Waals surface area contributed by atoms with Gasteiger partial charge in [-0.3, -0.25) is 4.79 Å². The van der Waals surface area contributed by atoms with Crippen molar-refractivity contribution in [3.8, 4) is 22.6 Å². The molecular formula is C23H17F2N7O. The van der Waals surface area contributed by atoms with Gasteiger partial charge in [0, 0.05) is 30.4 Å². The predicted octanol–water partition coefficient (Wildman–Crippen LogP) is 4.03. The van der Waals surface area contributed by atoms with Crippen LogP contribution in [0.4, 0.5) is 14.6 Å². The standard InChI is InChI=1S/C23H17F2N7O/c1-13-27-21(14-3-5-16(24)6-4-14)22(31(13)2)17-7-8-20-28-19(12-32(20)30-17)29-23(33)15-9-10-26-18(25)11-15/h3-12H,1-2H3,(H,29,33). The minimum absolute atomic E-state index is 0.127. The highest BCUT2D eigenvalue weighted by Gasteiger charge is 2.18. The Bertz CT molecular complexity index is 1510. The zero-order valence-corrected chi connectivity index (χ0v) is 17.6. The average Bonchev–Trinajstić information content (AvgIpc) is 3.33. The lowest BCUT2D eigenvalue weighted by atomic mass is 10.1. The van der Waals surface area contributed by atoms with Gasteiger partial charge in [0.1, 0.15) is 17.3 Å². The molecule has 10 heteroatoms. The Hall–Kier alpha value is -4.47. The molecule has 0 aliphatic rings. The Morgan fingerprint density at radius 2 is 1.82 bits per heavy atom. The number of aromatic nitrogens is 6. The third-order valence-electron chi connectivity index (χ3n) is 5.23. The van der Waals surface area contributed by atoms with Gasteiger partial charge in [-0.1, -0.05) is 0 Å². The minimum atomic E-state index is -0.743. The molecule has 0 aliphatic heterocycles. The van der Waals surface area contributed by atoms with Crippen molar-refractivity contribution in [2.24, 2.45) is 7.05 Å². The van der Waals surface area contributed by atoms with Crippen molar-refractivity contribution in [2.75, 3.05) is 5.32 Å². The van der Waals surface area contributed by atoms with Gasteiger partial charge in [0.15, 0.2) is 11.5 Å². The van der Waals surface area contributed by atoms with E-state index < -0.39 is 11.9 Å². The average molecular weight is 445 g/mol. The van der Waals surface area contributed by atoms with E-state index in [1.165, 1.54) is 28.9 Å². The van der Waals surface area contributed by atoms with Gasteiger partial charge in [-0.25, -0.2) is 23.9 Å². The van der Waals surface area contributed by atoms with Crippen LogP contribution in [0.15, 0.2) is 60.9 Å². The lowest BCUT2D eigenvalue weighted by Gasteiger charge is -2.07. The van der Waals surface area contributed by atoms with Crippen LogP contribution < -0.4 is 5.32 Å². The molecule has 4 heterocycles. The molecular weight excluding hydrogens is 428 g/mol. The van der Waals surface area contributed by atoms with E-state index in [2.05, 4.69) is 25.4 Å². The predicted molar refractivity (Wildman–Crippen MR) is 117 cm³/mol. The second-order valence-electron chi connectivity index (χ2n) is 7.39. The molecule has 1 amide bonds. The minimum Gasteiger partial charge on any atom is -0.330 e. The number of benzene rings is 1. The number of nitrogens with one attached hydrogen (secondary N) is 1. The first-order valence-corrected chi connectivity index (χ1v) is 9.98. The summed E-state index contributed by atoms with van der Waals surface area (Å²) in [6, 6.07) is 12.1. The van der Waals surface area contributed by atoms with Crippen LogP contribution in [0.2, 0.25) is 0 Å². The van der Waals surface area contributed by atoms with E-state index in [4.69, 9.17) is 0 Å². The van der Waals surface area contributed by atoms with E-state index in [9.17, 15) is 13.6 Å². The number of amides is 1. The highest BCUT2D eigenvalue weighted by Crippen LogP contribution is 2.31. The number of anilines is 1. The first kappa shape index (κ1) is 20.4. The van der Waals surface area contributed by atoms with Crippen molar-refractivity contribution in [2.45, 2.75) is 6.92 Å². The molecule has 0 aliphatic carbocycles. The van der Waals surface area contributed by atoms with E-state index in [1.54, 1.807) is 30.5 Å². The molecule has 1 aromatic carbocycles. The second kappa shape index (κ2) is 7.90. The third-order valence-corrected chi connectivity index (χ3v) is 5.23. The quantitative estimate of drug-likeness (QED) is 0.422. The number of aryl methyl sites for hydroxylation is 1. The third kappa shape index (κ3) is 3.82. The van der Waals surface area contributed by atoms with Gasteiger partial charge in [0.2, 0.25) is 5.95 Å². The van der Waals surface area contributed by atoms with Crippen molar-refractivity contribution >= 4 is 17.4 Å². The van der Waals surface area contributed by atoms with Gasteiger partial charge in [0.05, 0.1) is 17.6 Å². The molecule has 0 fully saturated rings. The second-order valence-corrected chi connectivity index (χ2v) is 7.39. The van der Waals surface area contributed by atoms with Crippen LogP contribution in [0.1, 0.15) is 16.2 Å². The summed E-state index contributed by atoms with van der Waals surface area (Å²) in [5, 5.41) is 7.27. The van der Waals surface area contributed by atoms with E-state index in [-0.39, 0.29) is 17.2 Å². The van der Waals surface area contributed by atoms with E-state index in [0.717, 1.165) is 23.1 Å². The van der Waals surface area contributed by atoms with Crippen LogP contribution in [0.25, 0.3) is 28.3 Å². The fraction of sp³-hybridized carbons (Fsp3) is 0.0870. The van der Waals surface area contributed by atoms with Crippen LogP contribution in [0, 0.1) is 18.7 Å². The first-order chi connectivity index (χ1) is 15.9. The molecule has 0 unspecified atom stereocenters. The highest BCUT2D eigenvalue weighted by molar-refractivity contribution is 6.03. The monoisotopic (exact) mass is 445 g/mol. The smallest absolute Gasteiger partial charge is 0.257 e. The molecule has 1 N–H and O–H groups in total. The molecule has 4 aromatic heterocycles. The number of fused-ring (bicyclic) bond motifs is 1. The molecule has 0 bridgehead atoms. The Kier molecular flexibility index (Phi) is 4.89. The maximum Gasteiger partial charge on any atom is 0.257 e. The lowest BCUT2D eigenvalue weighted by molar-refractivity contribution is 0.102. The number of hydrogen-bond acceptors (Lipinski definition) is 5. The number of imidazole rings is 2. The van der Waals surface area contributed by atoms with Crippen LogP contribution in [0.5, 0.6) is 0 Å². The maximum absolute atomic E-state index is 13.4. The van der Waals surface area contributed by atoms with Gasteiger partial charge in [-0.2, -0.15) is 9.49 Å². The van der Waals surface area contributed by atoms with Crippen molar-refractivity contribution in [3.05, 3.63) is 84.1 Å². The van der Waals surface area contributed by atoms with E-state index >= 15 is 0 Å². The number of nitrogens with zero attached hydrogens (tertiary/aromatic N) is 6. The first-order valence-electron chi connectivity index (χ1n) is 9.98. The molecule has 0 atom stereocenters. The lowest BCUT2D eigenvalue weighted by Crippen LogP contribution is -2.12. The fourth-order valence-electron chi connectivity index (χ4n) is 3.51. The summed E-state index contributed by atoms with van der Waals surface area (Å²) >= 11 is 0. The zero-order chi connectivity index (χ0) is 23.1. The normalized spacial score (nSPS) is 11.2. The summed E-state index contributed by atoms with van der Waals surface area (Å²) < 4.78 is 30.2. The summed E-state index contributed by atoms with van der Waals surface area (Å²) in [5.74, 6) is -0.542. The Morgan fingerprint density at radius 3 is 2.58 bits per heavy atom. The molecule has 5 rings (SSSR count). The summed E-state index contributed by atoms with van der Waals surface area (Å²) in [6.07, 6.45) is 2.78. The van der Waals surface area contributed by atoms with Crippen molar-refractivity contribution < 1.29 is 13.6 Å². The molecule has 0 saturated heterocycles. The van der Waals surface area contributed by atoms with Gasteiger partial charge >= 0.3 is 0 Å². The number of carbonyl (C=O) groups is 1. The number of carbonyl (C=O) groups excluding carboxylic acids is 1. The number of hydrogen-bond donors (Lipinski definition) is 1. The van der Waals surface area contributed by atoms with E-state index in [1.807, 2.05) is 18.5 Å². The van der Waals surface area contributed by atoms with Gasteiger partial charge in [-0.05, 0) is 49.4 Å². The Balaban J connectivity index is 1.51. The van der Waals surface area contributed by atoms with Crippen molar-refractivity contribution in [3.63, 3.8) is 0 Å². The zero-order valence-electron chi connectivity index (χ0n) is 17.6. The largest absolute Gasteiger partial charge is 0.330 e. The van der Waals surface area contributed by atoms with Crippen LogP contribution >= 0.6 is 0 Å². The number of pyridine rings is 1. The summed E-state index contributed by atoms with van der Waals surface area (Å²) in [5.41, 5.74) is 3.46. The molecule has 5 aromatic rings. The van der Waals surface area contributed by atoms with Gasteiger partial charge in [-0.15, -0.1) is 0 Å². The van der Waals surface area contributed by atoms with Gasteiger partial charge in [0.25, 0.3) is 5.91 Å². The highest BCUT2D eigenvalue weighted by atomic mass is 19.1. The van der Waals surface area contributed by atoms with Crippen molar-refractivity contribution in [1.29, 1.82) is 0 Å². The summed E-state index contributed by atoms with van der Waals surface area (Å²) in [4.78, 5) is 24.8. The fourth-order valence-corrected chi connectivity index (χ4v) is 3.51. The van der Waals surface area contributed by atoms with Crippen LogP contribution in [-0.2, 0) is 7.05 Å². The molecule has 8 nitrogen and oxygen atoms in total. The SMILES string of the molecule is Cc1nc(-c2ccc(F)cc2)c(-c2ccc3nc(NC(=O)c4ccnc(F)c4)cn3n2)n1C. The molecule has 164 valence electrons. The number of halogens is 2. The Labute approximate surface area is 186 Å². The van der Waals surface area contributed by atoms with Crippen molar-refractivity contribution in [1.82, 2.24) is 29.1 Å². The van der Waals surface area contributed by atoms with Gasteiger partial charge < -0.3 is 9.88 Å². The van der Waals surface area contributed by atoms with Crippen LogP contribution in [-0.4, -0.2) is 35.0 Å². The molecule has 0 spiro atoms. The molecule has 0 saturated carbocycles. The molecule has 33 heavy (non-hydrogen) atoms.